The van der Waals surface area contributed by atoms with Crippen LogP contribution in [0.4, 0.5) is 0 Å². The second kappa shape index (κ2) is 6.12. The largest absolute Gasteiger partial charge is 0.379 e. The van der Waals surface area contributed by atoms with Crippen LogP contribution in [-0.2, 0) is 11.3 Å². The van der Waals surface area contributed by atoms with E-state index < -0.39 is 0 Å². The van der Waals surface area contributed by atoms with Crippen molar-refractivity contribution in [1.29, 1.82) is 0 Å². The predicted octanol–water partition coefficient (Wildman–Crippen LogP) is 2.43. The van der Waals surface area contributed by atoms with Crippen LogP contribution >= 0.6 is 0 Å². The van der Waals surface area contributed by atoms with E-state index in [1.807, 2.05) is 0 Å². The third-order valence-corrected chi connectivity index (χ3v) is 3.43. The summed E-state index contributed by atoms with van der Waals surface area (Å²) in [6, 6.07) is 6.39. The Kier molecular flexibility index (Phi) is 4.51. The highest BCUT2D eigenvalue weighted by molar-refractivity contribution is 5.14. The lowest BCUT2D eigenvalue weighted by Gasteiger charge is -2.26. The van der Waals surface area contributed by atoms with Gasteiger partial charge in [-0.25, -0.2) is 0 Å². The van der Waals surface area contributed by atoms with Gasteiger partial charge in [0.15, 0.2) is 0 Å². The molecule has 3 heteroatoms. The number of pyridine rings is 1. The maximum atomic E-state index is 5.35. The smallest absolute Gasteiger partial charge is 0.0594 e. The Hall–Kier alpha value is -0.930. The Bertz CT molecular complexity index is 348. The van der Waals surface area contributed by atoms with Crippen molar-refractivity contribution in [3.63, 3.8) is 0 Å². The lowest BCUT2D eigenvalue weighted by Crippen LogP contribution is -2.35. The van der Waals surface area contributed by atoms with E-state index in [1.165, 1.54) is 11.4 Å². The molecule has 1 aliphatic heterocycles. The van der Waals surface area contributed by atoms with Crippen molar-refractivity contribution < 1.29 is 4.74 Å². The van der Waals surface area contributed by atoms with Crippen LogP contribution in [-0.4, -0.2) is 36.2 Å². The first kappa shape index (κ1) is 12.5. The molecule has 2 heterocycles. The van der Waals surface area contributed by atoms with Gasteiger partial charge >= 0.3 is 0 Å². The standard InChI is InChI=1S/C14H22N2O/c1-3-12(2)14-6-4-5-13(15-14)11-16-7-9-17-10-8-16/h4-6,12H,3,7-11H2,1-2H3. The highest BCUT2D eigenvalue weighted by Gasteiger charge is 2.12. The highest BCUT2D eigenvalue weighted by Crippen LogP contribution is 2.16. The molecule has 17 heavy (non-hydrogen) atoms. The maximum absolute atomic E-state index is 5.35. The van der Waals surface area contributed by atoms with Crippen molar-refractivity contribution in [2.24, 2.45) is 0 Å². The average Bonchev–Trinajstić information content (AvgIpc) is 2.39. The van der Waals surface area contributed by atoms with E-state index in [2.05, 4.69) is 36.9 Å². The molecule has 0 bridgehead atoms. The lowest BCUT2D eigenvalue weighted by atomic mass is 10.0. The van der Waals surface area contributed by atoms with Gasteiger partial charge in [-0.1, -0.05) is 19.9 Å². The van der Waals surface area contributed by atoms with Crippen LogP contribution in [0.5, 0.6) is 0 Å². The minimum Gasteiger partial charge on any atom is -0.379 e. The van der Waals surface area contributed by atoms with Gasteiger partial charge in [0.1, 0.15) is 0 Å². The molecule has 0 saturated carbocycles. The van der Waals surface area contributed by atoms with Gasteiger partial charge < -0.3 is 4.74 Å². The Balaban J connectivity index is 2.00. The number of aromatic nitrogens is 1. The number of rotatable bonds is 4. The summed E-state index contributed by atoms with van der Waals surface area (Å²) in [4.78, 5) is 7.16. The Morgan fingerprint density at radius 2 is 2.12 bits per heavy atom. The molecule has 1 aliphatic rings. The molecule has 0 amide bonds. The number of nitrogens with zero attached hydrogens (tertiary/aromatic N) is 2. The van der Waals surface area contributed by atoms with Gasteiger partial charge in [0.25, 0.3) is 0 Å². The van der Waals surface area contributed by atoms with Gasteiger partial charge in [-0.3, -0.25) is 9.88 Å². The Labute approximate surface area is 104 Å². The highest BCUT2D eigenvalue weighted by atomic mass is 16.5. The molecular weight excluding hydrogens is 212 g/mol. The molecular formula is C14H22N2O. The third kappa shape index (κ3) is 3.51. The summed E-state index contributed by atoms with van der Waals surface area (Å²) in [7, 11) is 0. The number of hydrogen-bond donors (Lipinski definition) is 0. The fourth-order valence-corrected chi connectivity index (χ4v) is 2.06. The zero-order valence-corrected chi connectivity index (χ0v) is 10.9. The van der Waals surface area contributed by atoms with Crippen LogP contribution in [0.1, 0.15) is 37.6 Å². The summed E-state index contributed by atoms with van der Waals surface area (Å²) in [5.41, 5.74) is 2.41. The van der Waals surface area contributed by atoms with Gasteiger partial charge in [0, 0.05) is 25.3 Å². The molecule has 0 aliphatic carbocycles. The van der Waals surface area contributed by atoms with Crippen molar-refractivity contribution in [2.75, 3.05) is 26.3 Å². The van der Waals surface area contributed by atoms with Gasteiger partial charge in [-0.2, -0.15) is 0 Å². The summed E-state index contributed by atoms with van der Waals surface area (Å²) < 4.78 is 5.35. The molecule has 0 aromatic carbocycles. The summed E-state index contributed by atoms with van der Waals surface area (Å²) in [5.74, 6) is 0.555. The molecule has 1 fully saturated rings. The zero-order chi connectivity index (χ0) is 12.1. The molecule has 1 aromatic rings. The molecule has 0 spiro atoms. The van der Waals surface area contributed by atoms with Crippen molar-refractivity contribution in [2.45, 2.75) is 32.7 Å². The molecule has 0 N–H and O–H groups in total. The van der Waals surface area contributed by atoms with Crippen LogP contribution in [0.25, 0.3) is 0 Å². The van der Waals surface area contributed by atoms with E-state index >= 15 is 0 Å². The molecule has 1 aromatic heterocycles. The van der Waals surface area contributed by atoms with Crippen molar-refractivity contribution in [1.82, 2.24) is 9.88 Å². The fourth-order valence-electron chi connectivity index (χ4n) is 2.06. The molecule has 0 radical (unpaired) electrons. The maximum Gasteiger partial charge on any atom is 0.0594 e. The molecule has 94 valence electrons. The van der Waals surface area contributed by atoms with Gasteiger partial charge in [0.2, 0.25) is 0 Å². The van der Waals surface area contributed by atoms with Crippen LogP contribution < -0.4 is 0 Å². The minimum absolute atomic E-state index is 0.555. The van der Waals surface area contributed by atoms with Crippen molar-refractivity contribution in [3.8, 4) is 0 Å². The van der Waals surface area contributed by atoms with E-state index in [0.717, 1.165) is 39.3 Å². The van der Waals surface area contributed by atoms with Crippen molar-refractivity contribution >= 4 is 0 Å². The lowest BCUT2D eigenvalue weighted by molar-refractivity contribution is 0.0336. The van der Waals surface area contributed by atoms with Gasteiger partial charge in [-0.15, -0.1) is 0 Å². The van der Waals surface area contributed by atoms with Gasteiger partial charge in [-0.05, 0) is 24.5 Å². The Morgan fingerprint density at radius 1 is 1.35 bits per heavy atom. The first-order valence-corrected chi connectivity index (χ1v) is 6.55. The second-order valence-electron chi connectivity index (χ2n) is 4.75. The quantitative estimate of drug-likeness (QED) is 0.800. The van der Waals surface area contributed by atoms with Gasteiger partial charge in [0.05, 0.1) is 18.9 Å². The van der Waals surface area contributed by atoms with E-state index in [1.54, 1.807) is 0 Å². The SMILES string of the molecule is CCC(C)c1cccc(CN2CCOCC2)n1. The molecule has 1 unspecified atom stereocenters. The van der Waals surface area contributed by atoms with E-state index in [-0.39, 0.29) is 0 Å². The molecule has 1 saturated heterocycles. The zero-order valence-electron chi connectivity index (χ0n) is 10.9. The monoisotopic (exact) mass is 234 g/mol. The van der Waals surface area contributed by atoms with E-state index in [9.17, 15) is 0 Å². The molecule has 1 atom stereocenters. The summed E-state index contributed by atoms with van der Waals surface area (Å²) >= 11 is 0. The van der Waals surface area contributed by atoms with E-state index in [4.69, 9.17) is 9.72 Å². The molecule has 3 nitrogen and oxygen atoms in total. The summed E-state index contributed by atoms with van der Waals surface area (Å²) in [6.45, 7) is 9.15. The van der Waals surface area contributed by atoms with Crippen molar-refractivity contribution in [3.05, 3.63) is 29.6 Å². The van der Waals surface area contributed by atoms with Crippen LogP contribution in [0.2, 0.25) is 0 Å². The average molecular weight is 234 g/mol. The number of hydrogen-bond acceptors (Lipinski definition) is 3. The fraction of sp³-hybridized carbons (Fsp3) is 0.643. The van der Waals surface area contributed by atoms with Crippen LogP contribution in [0.3, 0.4) is 0 Å². The van der Waals surface area contributed by atoms with Crippen LogP contribution in [0.15, 0.2) is 18.2 Å². The van der Waals surface area contributed by atoms with E-state index in [0.29, 0.717) is 5.92 Å². The predicted molar refractivity (Wildman–Crippen MR) is 69.0 cm³/mol. The first-order chi connectivity index (χ1) is 8.29. The summed E-state index contributed by atoms with van der Waals surface area (Å²) in [6.07, 6.45) is 1.15. The first-order valence-electron chi connectivity index (χ1n) is 6.55. The summed E-state index contributed by atoms with van der Waals surface area (Å²) in [5, 5.41) is 0. The number of morpholine rings is 1. The Morgan fingerprint density at radius 3 is 2.82 bits per heavy atom. The van der Waals surface area contributed by atoms with Crippen LogP contribution in [0, 0.1) is 0 Å². The second-order valence-corrected chi connectivity index (χ2v) is 4.75. The third-order valence-electron chi connectivity index (χ3n) is 3.43. The minimum atomic E-state index is 0.555. The topological polar surface area (TPSA) is 25.4 Å². The molecule has 2 rings (SSSR count). The normalized spacial score (nSPS) is 19.2. The number of ether oxygens (including phenoxy) is 1.